The Balaban J connectivity index is 3.74. The summed E-state index contributed by atoms with van der Waals surface area (Å²) in [5, 5.41) is 20.0. The maximum absolute atomic E-state index is 11.9. The minimum atomic E-state index is -4.40. The highest BCUT2D eigenvalue weighted by Crippen LogP contribution is 2.40. The van der Waals surface area contributed by atoms with E-state index in [1.807, 2.05) is 5.09 Å². The van der Waals surface area contributed by atoms with Crippen LogP contribution in [0.4, 0.5) is 0 Å². The number of ether oxygens (including phenoxy) is 1. The molecule has 0 bridgehead atoms. The van der Waals surface area contributed by atoms with Crippen LogP contribution in [0, 0.1) is 0 Å². The maximum Gasteiger partial charge on any atom is 0.405 e. The highest BCUT2D eigenvalue weighted by Gasteiger charge is 2.44. The lowest BCUT2D eigenvalue weighted by atomic mass is 10.1. The first-order valence-corrected chi connectivity index (χ1v) is 11.6. The average molecular weight is 411 g/mol. The molecule has 0 radical (unpaired) electrons. The zero-order chi connectivity index (χ0) is 20.6. The van der Waals surface area contributed by atoms with Crippen molar-refractivity contribution in [3.63, 3.8) is 0 Å². The van der Waals surface area contributed by atoms with Crippen molar-refractivity contribution in [1.29, 1.82) is 0 Å². The van der Waals surface area contributed by atoms with Gasteiger partial charge in [-0.2, -0.15) is 5.09 Å². The summed E-state index contributed by atoms with van der Waals surface area (Å²) in [7, 11) is -3.38. The number of carboxylic acid groups (broad SMARTS) is 1. The van der Waals surface area contributed by atoms with Gasteiger partial charge in [-0.15, -0.1) is 0 Å². The monoisotopic (exact) mass is 411 g/mol. The molecule has 1 unspecified atom stereocenters. The van der Waals surface area contributed by atoms with E-state index in [0.29, 0.717) is 6.42 Å². The van der Waals surface area contributed by atoms with Crippen molar-refractivity contribution < 1.29 is 33.7 Å². The fourth-order valence-electron chi connectivity index (χ4n) is 2.74. The van der Waals surface area contributed by atoms with Crippen LogP contribution in [0.1, 0.15) is 84.0 Å². The first kappa shape index (κ1) is 26.5. The highest BCUT2D eigenvalue weighted by molar-refractivity contribution is 7.50. The number of rotatable bonds is 19. The molecule has 0 rings (SSSR count). The summed E-state index contributed by atoms with van der Waals surface area (Å²) in [5.41, 5.74) is -2.36. The van der Waals surface area contributed by atoms with Gasteiger partial charge in [-0.25, -0.2) is 9.36 Å². The lowest BCUT2D eigenvalue weighted by Crippen LogP contribution is -2.55. The molecule has 0 aromatic rings. The minimum absolute atomic E-state index is 0.0308. The summed E-state index contributed by atoms with van der Waals surface area (Å²) < 4.78 is 21.4. The van der Waals surface area contributed by atoms with Gasteiger partial charge in [0.05, 0.1) is 13.2 Å². The van der Waals surface area contributed by atoms with Gasteiger partial charge in [0.25, 0.3) is 5.72 Å². The molecular weight excluding hydrogens is 373 g/mol. The molecule has 0 aromatic heterocycles. The summed E-state index contributed by atoms with van der Waals surface area (Å²) in [6.45, 7) is 1.24. The molecule has 27 heavy (non-hydrogen) atoms. The van der Waals surface area contributed by atoms with Crippen LogP contribution in [0.15, 0.2) is 0 Å². The molecule has 0 aliphatic heterocycles. The van der Waals surface area contributed by atoms with Crippen molar-refractivity contribution in [2.45, 2.75) is 89.7 Å². The molecule has 0 amide bonds. The predicted molar refractivity (Wildman–Crippen MR) is 104 cm³/mol. The van der Waals surface area contributed by atoms with Gasteiger partial charge < -0.3 is 19.8 Å². The summed E-state index contributed by atoms with van der Waals surface area (Å²) in [6, 6.07) is 0. The summed E-state index contributed by atoms with van der Waals surface area (Å²) >= 11 is 0. The number of nitrogens with one attached hydrogen (secondary N) is 1. The highest BCUT2D eigenvalue weighted by atomic mass is 31.2. The fraction of sp³-hybridized carbons (Fsp3) is 0.944. The molecule has 2 atom stereocenters. The Bertz CT molecular complexity index is 430. The second-order valence-corrected chi connectivity index (χ2v) is 8.37. The molecule has 0 saturated heterocycles. The van der Waals surface area contributed by atoms with E-state index in [9.17, 15) is 14.3 Å². The van der Waals surface area contributed by atoms with Crippen LogP contribution in [0.3, 0.4) is 0 Å². The number of aliphatic hydroxyl groups excluding tert-OH is 1. The summed E-state index contributed by atoms with van der Waals surface area (Å²) in [5.74, 6) is -1.60. The van der Waals surface area contributed by atoms with Crippen molar-refractivity contribution in [1.82, 2.24) is 5.09 Å². The van der Waals surface area contributed by atoms with E-state index in [-0.39, 0.29) is 6.61 Å². The number of unbranched alkanes of at least 4 members (excludes halogenated alkanes) is 11. The van der Waals surface area contributed by atoms with Gasteiger partial charge in [0.1, 0.15) is 0 Å². The Labute approximate surface area is 163 Å². The normalized spacial score (nSPS) is 16.0. The first-order chi connectivity index (χ1) is 12.8. The maximum atomic E-state index is 11.9. The van der Waals surface area contributed by atoms with E-state index in [1.165, 1.54) is 51.4 Å². The molecule has 0 heterocycles. The lowest BCUT2D eigenvalue weighted by Gasteiger charge is -2.28. The smallest absolute Gasteiger partial charge is 0.405 e. The van der Waals surface area contributed by atoms with Crippen LogP contribution < -0.4 is 5.09 Å². The second kappa shape index (κ2) is 15.4. The van der Waals surface area contributed by atoms with E-state index >= 15 is 0 Å². The molecule has 0 aliphatic rings. The summed E-state index contributed by atoms with van der Waals surface area (Å²) in [6.07, 6.45) is 14.0. The third-order valence-electron chi connectivity index (χ3n) is 4.50. The van der Waals surface area contributed by atoms with Crippen LogP contribution in [-0.4, -0.2) is 47.1 Å². The number of aliphatic carboxylic acids is 1. The number of carbonyl (C=O) groups is 1. The van der Waals surface area contributed by atoms with Crippen molar-refractivity contribution in [2.75, 3.05) is 20.3 Å². The molecule has 9 heteroatoms. The number of hydrogen-bond donors (Lipinski definition) is 4. The predicted octanol–water partition coefficient (Wildman–Crippen LogP) is 3.81. The van der Waals surface area contributed by atoms with Gasteiger partial charge in [-0.1, -0.05) is 77.6 Å². The Hall–Kier alpha value is -0.500. The van der Waals surface area contributed by atoms with Crippen molar-refractivity contribution in [2.24, 2.45) is 0 Å². The average Bonchev–Trinajstić information content (AvgIpc) is 2.63. The molecule has 0 saturated carbocycles. The molecule has 0 fully saturated rings. The van der Waals surface area contributed by atoms with Crippen molar-refractivity contribution in [3.8, 4) is 0 Å². The molecule has 162 valence electrons. The van der Waals surface area contributed by atoms with Gasteiger partial charge >= 0.3 is 13.7 Å². The summed E-state index contributed by atoms with van der Waals surface area (Å²) in [4.78, 5) is 20.8. The van der Waals surface area contributed by atoms with Gasteiger partial charge in [-0.05, 0) is 6.42 Å². The molecule has 4 N–H and O–H groups in total. The van der Waals surface area contributed by atoms with Crippen LogP contribution in [-0.2, 0) is 18.6 Å². The first-order valence-electron chi connectivity index (χ1n) is 9.99. The largest absolute Gasteiger partial charge is 0.478 e. The molecular formula is C18H38NO7P. The SMILES string of the molecule is CCCCCCCCCCCCCCOP(=O)(O)N[C@](CO)(OC)C(=O)O. The van der Waals surface area contributed by atoms with Crippen LogP contribution in [0.2, 0.25) is 0 Å². The third-order valence-corrected chi connectivity index (χ3v) is 5.68. The Morgan fingerprint density at radius 2 is 1.41 bits per heavy atom. The van der Waals surface area contributed by atoms with Crippen molar-refractivity contribution in [3.05, 3.63) is 0 Å². The van der Waals surface area contributed by atoms with E-state index in [0.717, 1.165) is 26.4 Å². The quantitative estimate of drug-likeness (QED) is 0.144. The van der Waals surface area contributed by atoms with Gasteiger partial charge in [0.2, 0.25) is 0 Å². The lowest BCUT2D eigenvalue weighted by molar-refractivity contribution is -0.170. The molecule has 0 spiro atoms. The fourth-order valence-corrected chi connectivity index (χ4v) is 3.90. The number of aliphatic hydroxyl groups is 1. The number of carboxylic acids is 1. The van der Waals surface area contributed by atoms with Crippen molar-refractivity contribution >= 4 is 13.7 Å². The van der Waals surface area contributed by atoms with Crippen LogP contribution in [0.5, 0.6) is 0 Å². The molecule has 0 aliphatic carbocycles. The van der Waals surface area contributed by atoms with E-state index in [1.54, 1.807) is 0 Å². The zero-order valence-corrected chi connectivity index (χ0v) is 17.7. The van der Waals surface area contributed by atoms with E-state index in [2.05, 4.69) is 11.7 Å². The molecule has 8 nitrogen and oxygen atoms in total. The molecule has 0 aromatic carbocycles. The second-order valence-electron chi connectivity index (χ2n) is 6.85. The van der Waals surface area contributed by atoms with Crippen LogP contribution >= 0.6 is 7.75 Å². The van der Waals surface area contributed by atoms with Gasteiger partial charge in [0.15, 0.2) is 0 Å². The van der Waals surface area contributed by atoms with Gasteiger partial charge in [0, 0.05) is 7.11 Å². The standard InChI is InChI=1S/C18H38NO7P/c1-3-4-5-6-7-8-9-10-11-12-13-14-15-26-27(23,24)19-18(16-20,25-2)17(21)22/h20H,3-16H2,1-2H3,(H,21,22)(H2,19,23,24)/t18-/m1/s1. The van der Waals surface area contributed by atoms with Crippen LogP contribution in [0.25, 0.3) is 0 Å². The topological polar surface area (TPSA) is 125 Å². The van der Waals surface area contributed by atoms with E-state index < -0.39 is 26.0 Å². The minimum Gasteiger partial charge on any atom is -0.478 e. The Kier molecular flexibility index (Phi) is 15.1. The Morgan fingerprint density at radius 1 is 0.963 bits per heavy atom. The zero-order valence-electron chi connectivity index (χ0n) is 16.8. The Morgan fingerprint density at radius 3 is 1.78 bits per heavy atom. The van der Waals surface area contributed by atoms with E-state index in [4.69, 9.17) is 14.7 Å². The number of hydrogen-bond acceptors (Lipinski definition) is 5. The number of methoxy groups -OCH3 is 1. The third kappa shape index (κ3) is 12.5. The van der Waals surface area contributed by atoms with Gasteiger partial charge in [-0.3, -0.25) is 4.52 Å².